The minimum atomic E-state index is -0.255. The van der Waals surface area contributed by atoms with Crippen molar-refractivity contribution in [2.45, 2.75) is 0 Å². The van der Waals surface area contributed by atoms with Crippen molar-refractivity contribution < 1.29 is 4.79 Å². The number of carbonyl (C=O) groups is 1. The van der Waals surface area contributed by atoms with Crippen LogP contribution >= 0.6 is 15.9 Å². The molecule has 1 fully saturated rings. The summed E-state index contributed by atoms with van der Waals surface area (Å²) in [4.78, 5) is 16.8. The zero-order valence-electron chi connectivity index (χ0n) is 13.6. The van der Waals surface area contributed by atoms with Gasteiger partial charge in [0.1, 0.15) is 0 Å². The fraction of sp³-hybridized carbons (Fsp3) is 0.278. The SMILES string of the molecule is CN1CCN(c2ccc(NC(=O)Nc3ccccc3Br)cc2)CC1. The Kier molecular flexibility index (Phi) is 5.37. The highest BCUT2D eigenvalue weighted by molar-refractivity contribution is 9.10. The number of rotatable bonds is 3. The third-order valence-corrected chi connectivity index (χ3v) is 4.81. The van der Waals surface area contributed by atoms with Gasteiger partial charge in [-0.25, -0.2) is 4.79 Å². The number of nitrogens with zero attached hydrogens (tertiary/aromatic N) is 2. The summed E-state index contributed by atoms with van der Waals surface area (Å²) in [6, 6.07) is 15.3. The first-order valence-corrected chi connectivity index (χ1v) is 8.77. The van der Waals surface area contributed by atoms with Crippen LogP contribution in [0.2, 0.25) is 0 Å². The van der Waals surface area contributed by atoms with Gasteiger partial charge < -0.3 is 20.4 Å². The average molecular weight is 389 g/mol. The van der Waals surface area contributed by atoms with E-state index in [1.54, 1.807) is 0 Å². The van der Waals surface area contributed by atoms with Crippen molar-refractivity contribution >= 4 is 39.0 Å². The lowest BCUT2D eigenvalue weighted by Crippen LogP contribution is -2.44. The highest BCUT2D eigenvalue weighted by atomic mass is 79.9. The van der Waals surface area contributed by atoms with Gasteiger partial charge in [-0.05, 0) is 59.4 Å². The van der Waals surface area contributed by atoms with Crippen LogP contribution in [0.3, 0.4) is 0 Å². The molecule has 1 aliphatic heterocycles. The molecule has 5 nitrogen and oxygen atoms in total. The molecule has 2 aromatic rings. The third-order valence-electron chi connectivity index (χ3n) is 4.12. The predicted molar refractivity (Wildman–Crippen MR) is 103 cm³/mol. The van der Waals surface area contributed by atoms with Crippen LogP contribution in [0.5, 0.6) is 0 Å². The van der Waals surface area contributed by atoms with E-state index in [2.05, 4.69) is 55.5 Å². The minimum absolute atomic E-state index is 0.255. The maximum atomic E-state index is 12.1. The molecule has 2 N–H and O–H groups in total. The highest BCUT2D eigenvalue weighted by Crippen LogP contribution is 2.22. The number of carbonyl (C=O) groups excluding carboxylic acids is 1. The molecule has 1 saturated heterocycles. The van der Waals surface area contributed by atoms with Crippen molar-refractivity contribution in [2.24, 2.45) is 0 Å². The lowest BCUT2D eigenvalue weighted by atomic mass is 10.2. The first kappa shape index (κ1) is 16.8. The number of likely N-dealkylation sites (N-methyl/N-ethyl adjacent to an activating group) is 1. The number of amides is 2. The summed E-state index contributed by atoms with van der Waals surface area (Å²) >= 11 is 3.42. The van der Waals surface area contributed by atoms with E-state index in [0.29, 0.717) is 0 Å². The summed E-state index contributed by atoms with van der Waals surface area (Å²) in [5.74, 6) is 0. The summed E-state index contributed by atoms with van der Waals surface area (Å²) in [5.41, 5.74) is 2.71. The van der Waals surface area contributed by atoms with Crippen LogP contribution in [0.25, 0.3) is 0 Å². The van der Waals surface area contributed by atoms with Crippen molar-refractivity contribution in [3.8, 4) is 0 Å². The molecule has 24 heavy (non-hydrogen) atoms. The Morgan fingerprint density at radius 2 is 1.62 bits per heavy atom. The number of hydrogen-bond acceptors (Lipinski definition) is 3. The van der Waals surface area contributed by atoms with Crippen LogP contribution < -0.4 is 15.5 Å². The molecular formula is C18H21BrN4O. The molecule has 2 amide bonds. The summed E-state index contributed by atoms with van der Waals surface area (Å²) in [5, 5.41) is 5.69. The molecule has 0 aromatic heterocycles. The number of anilines is 3. The van der Waals surface area contributed by atoms with Gasteiger partial charge in [-0.3, -0.25) is 0 Å². The van der Waals surface area contributed by atoms with Crippen molar-refractivity contribution in [3.05, 3.63) is 53.0 Å². The fourth-order valence-electron chi connectivity index (χ4n) is 2.67. The zero-order valence-corrected chi connectivity index (χ0v) is 15.2. The number of halogens is 1. The van der Waals surface area contributed by atoms with Crippen molar-refractivity contribution in [1.29, 1.82) is 0 Å². The van der Waals surface area contributed by atoms with Gasteiger partial charge in [0.05, 0.1) is 5.69 Å². The molecule has 0 aliphatic carbocycles. The Labute approximate surface area is 150 Å². The summed E-state index contributed by atoms with van der Waals surface area (Å²) in [7, 11) is 2.15. The Morgan fingerprint density at radius 1 is 0.958 bits per heavy atom. The number of para-hydroxylation sites is 1. The molecule has 0 atom stereocenters. The van der Waals surface area contributed by atoms with Gasteiger partial charge in [-0.1, -0.05) is 12.1 Å². The van der Waals surface area contributed by atoms with E-state index in [4.69, 9.17) is 0 Å². The standard InChI is InChI=1S/C18H21BrN4O/c1-22-10-12-23(13-11-22)15-8-6-14(7-9-15)20-18(24)21-17-5-3-2-4-16(17)19/h2-9H,10-13H2,1H3,(H2,20,21,24). The molecule has 1 heterocycles. The average Bonchev–Trinajstić information content (AvgIpc) is 2.58. The van der Waals surface area contributed by atoms with Gasteiger partial charge in [0.2, 0.25) is 0 Å². The molecule has 2 aromatic carbocycles. The van der Waals surface area contributed by atoms with Gasteiger partial charge >= 0.3 is 6.03 Å². The van der Waals surface area contributed by atoms with Crippen LogP contribution in [0.15, 0.2) is 53.0 Å². The lowest BCUT2D eigenvalue weighted by molar-refractivity contribution is 0.262. The van der Waals surface area contributed by atoms with Crippen LogP contribution in [-0.2, 0) is 0 Å². The van der Waals surface area contributed by atoms with Crippen LogP contribution in [0.4, 0.5) is 21.9 Å². The van der Waals surface area contributed by atoms with Crippen LogP contribution in [0, 0.1) is 0 Å². The van der Waals surface area contributed by atoms with Crippen LogP contribution in [-0.4, -0.2) is 44.2 Å². The number of nitrogens with one attached hydrogen (secondary N) is 2. The molecule has 0 bridgehead atoms. The highest BCUT2D eigenvalue weighted by Gasteiger charge is 2.14. The van der Waals surface area contributed by atoms with Gasteiger partial charge in [-0.15, -0.1) is 0 Å². The zero-order chi connectivity index (χ0) is 16.9. The third kappa shape index (κ3) is 4.27. The second-order valence-corrected chi connectivity index (χ2v) is 6.75. The van der Waals surface area contributed by atoms with Gasteiger partial charge in [0.25, 0.3) is 0 Å². The largest absolute Gasteiger partial charge is 0.369 e. The Hall–Kier alpha value is -2.05. The molecule has 3 rings (SSSR count). The molecule has 0 unspecified atom stereocenters. The molecule has 1 aliphatic rings. The lowest BCUT2D eigenvalue weighted by Gasteiger charge is -2.34. The van der Waals surface area contributed by atoms with E-state index in [1.165, 1.54) is 5.69 Å². The molecule has 6 heteroatoms. The Balaban J connectivity index is 1.58. The van der Waals surface area contributed by atoms with E-state index in [0.717, 1.165) is 42.0 Å². The maximum Gasteiger partial charge on any atom is 0.323 e. The van der Waals surface area contributed by atoms with E-state index in [1.807, 2.05) is 36.4 Å². The quantitative estimate of drug-likeness (QED) is 0.839. The van der Waals surface area contributed by atoms with E-state index in [9.17, 15) is 4.79 Å². The number of hydrogen-bond donors (Lipinski definition) is 2. The van der Waals surface area contributed by atoms with Crippen molar-refractivity contribution in [2.75, 3.05) is 48.8 Å². The predicted octanol–water partition coefficient (Wildman–Crippen LogP) is 3.84. The second-order valence-electron chi connectivity index (χ2n) is 5.90. The first-order valence-electron chi connectivity index (χ1n) is 7.98. The number of piperazine rings is 1. The Morgan fingerprint density at radius 3 is 2.29 bits per heavy atom. The van der Waals surface area contributed by atoms with Crippen molar-refractivity contribution in [3.63, 3.8) is 0 Å². The van der Waals surface area contributed by atoms with Gasteiger partial charge in [-0.2, -0.15) is 0 Å². The topological polar surface area (TPSA) is 47.6 Å². The smallest absolute Gasteiger partial charge is 0.323 e. The van der Waals surface area contributed by atoms with E-state index < -0.39 is 0 Å². The summed E-state index contributed by atoms with van der Waals surface area (Å²) < 4.78 is 0.852. The van der Waals surface area contributed by atoms with Crippen LogP contribution in [0.1, 0.15) is 0 Å². The maximum absolute atomic E-state index is 12.1. The fourth-order valence-corrected chi connectivity index (χ4v) is 3.05. The summed E-state index contributed by atoms with van der Waals surface area (Å²) in [6.07, 6.45) is 0. The van der Waals surface area contributed by atoms with Gasteiger partial charge in [0, 0.05) is 42.0 Å². The number of urea groups is 1. The Bertz CT molecular complexity index is 696. The molecule has 126 valence electrons. The normalized spacial score (nSPS) is 15.2. The summed E-state index contributed by atoms with van der Waals surface area (Å²) in [6.45, 7) is 4.22. The van der Waals surface area contributed by atoms with E-state index >= 15 is 0 Å². The second kappa shape index (κ2) is 7.68. The molecule has 0 radical (unpaired) electrons. The van der Waals surface area contributed by atoms with Gasteiger partial charge in [0.15, 0.2) is 0 Å². The molecular weight excluding hydrogens is 368 g/mol. The van der Waals surface area contributed by atoms with E-state index in [-0.39, 0.29) is 6.03 Å². The monoisotopic (exact) mass is 388 g/mol. The number of benzene rings is 2. The molecule has 0 spiro atoms. The van der Waals surface area contributed by atoms with Crippen molar-refractivity contribution in [1.82, 2.24) is 4.90 Å². The minimum Gasteiger partial charge on any atom is -0.369 e. The first-order chi connectivity index (χ1) is 11.6. The molecule has 0 saturated carbocycles.